The normalized spacial score (nSPS) is 12.5. The molecule has 1 rings (SSSR count). The van der Waals surface area contributed by atoms with E-state index in [2.05, 4.69) is 17.1 Å². The molecule has 0 aromatic heterocycles. The smallest absolute Gasteiger partial charge is 0.415 e. The third kappa shape index (κ3) is 4.88. The van der Waals surface area contributed by atoms with Crippen molar-refractivity contribution < 1.29 is 13.2 Å². The fourth-order valence-electron chi connectivity index (χ4n) is 1.43. The lowest BCUT2D eigenvalue weighted by atomic mass is 10.2. The van der Waals surface area contributed by atoms with Crippen molar-refractivity contribution in [3.8, 4) is 0 Å². The minimum absolute atomic E-state index is 0.281. The van der Waals surface area contributed by atoms with E-state index >= 15 is 0 Å². The minimum Gasteiger partial charge on any atom is -0.437 e. The van der Waals surface area contributed by atoms with Crippen LogP contribution in [0.15, 0.2) is 60.3 Å². The van der Waals surface area contributed by atoms with Crippen molar-refractivity contribution in [2.75, 3.05) is 10.5 Å². The molecule has 0 saturated carbocycles. The second-order valence-corrected chi connectivity index (χ2v) is 3.97. The number of nitrogens with one attached hydrogen (secondary N) is 2. The topological polar surface area (TPSA) is 24.1 Å². The van der Waals surface area contributed by atoms with Crippen LogP contribution in [0.3, 0.4) is 0 Å². The molecule has 0 aliphatic heterocycles. The van der Waals surface area contributed by atoms with Crippen LogP contribution in [-0.2, 0) is 0 Å². The van der Waals surface area contributed by atoms with Crippen LogP contribution in [0.2, 0.25) is 0 Å². The number of benzene rings is 1. The van der Waals surface area contributed by atoms with Gasteiger partial charge >= 0.3 is 6.18 Å². The fourth-order valence-corrected chi connectivity index (χ4v) is 1.43. The van der Waals surface area contributed by atoms with E-state index in [1.54, 1.807) is 37.3 Å². The molecule has 0 aliphatic rings. The molecular weight excluding hydrogens is 264 g/mol. The molecule has 0 bridgehead atoms. The van der Waals surface area contributed by atoms with Gasteiger partial charge in [-0.3, -0.25) is 0 Å². The summed E-state index contributed by atoms with van der Waals surface area (Å²) in [5.74, 6) is 0. The van der Waals surface area contributed by atoms with E-state index in [-0.39, 0.29) is 5.70 Å². The quantitative estimate of drug-likeness (QED) is 0.624. The Morgan fingerprint density at radius 3 is 2.50 bits per heavy atom. The molecule has 0 heterocycles. The maximum absolute atomic E-state index is 12.5. The van der Waals surface area contributed by atoms with Crippen LogP contribution in [0.4, 0.5) is 24.5 Å². The summed E-state index contributed by atoms with van der Waals surface area (Å²) in [6.45, 7) is 4.73. The van der Waals surface area contributed by atoms with E-state index in [4.69, 9.17) is 7.98 Å². The predicted octanol–water partition coefficient (Wildman–Crippen LogP) is 4.17. The van der Waals surface area contributed by atoms with Crippen molar-refractivity contribution in [3.63, 3.8) is 0 Å². The van der Waals surface area contributed by atoms with E-state index in [9.17, 15) is 13.2 Å². The Bertz CT molecular complexity index is 533. The van der Waals surface area contributed by atoms with Crippen LogP contribution in [0.25, 0.3) is 0 Å². The SMILES string of the molecule is [B]Nc1cccc(NC(/C=C\C)=C/C(=C)C(F)(F)F)c1. The standard InChI is InChI=1S/C14H14BF3N2/c1-3-5-11(8-10(2)14(16,17)18)19-12-6-4-7-13(9-12)20-15/h3-9,19-20H,2H2,1H3/b5-3-,11-8+. The van der Waals surface area contributed by atoms with E-state index in [0.717, 1.165) is 6.08 Å². The molecule has 20 heavy (non-hydrogen) atoms. The van der Waals surface area contributed by atoms with Crippen LogP contribution in [-0.4, -0.2) is 14.2 Å². The van der Waals surface area contributed by atoms with Gasteiger partial charge in [0.1, 0.15) is 0 Å². The van der Waals surface area contributed by atoms with Gasteiger partial charge in [-0.25, -0.2) is 0 Å². The molecule has 0 saturated heterocycles. The zero-order chi connectivity index (χ0) is 15.2. The summed E-state index contributed by atoms with van der Waals surface area (Å²) in [4.78, 5) is 0. The number of alkyl halides is 3. The van der Waals surface area contributed by atoms with E-state index in [0.29, 0.717) is 11.4 Å². The molecule has 104 valence electrons. The van der Waals surface area contributed by atoms with Gasteiger partial charge in [0, 0.05) is 17.1 Å². The van der Waals surface area contributed by atoms with Crippen LogP contribution in [0.5, 0.6) is 0 Å². The van der Waals surface area contributed by atoms with Gasteiger partial charge in [0.25, 0.3) is 0 Å². The highest BCUT2D eigenvalue weighted by molar-refractivity contribution is 6.16. The average Bonchev–Trinajstić information content (AvgIpc) is 2.38. The highest BCUT2D eigenvalue weighted by Gasteiger charge is 2.30. The van der Waals surface area contributed by atoms with Crippen molar-refractivity contribution in [1.82, 2.24) is 0 Å². The molecule has 0 fully saturated rings. The van der Waals surface area contributed by atoms with Crippen LogP contribution < -0.4 is 10.5 Å². The molecule has 0 aliphatic carbocycles. The van der Waals surface area contributed by atoms with Crippen molar-refractivity contribution in [3.05, 3.63) is 60.3 Å². The van der Waals surface area contributed by atoms with E-state index in [1.165, 1.54) is 6.08 Å². The summed E-state index contributed by atoms with van der Waals surface area (Å²) in [6, 6.07) is 6.85. The fraction of sp³-hybridized carbons (Fsp3) is 0.143. The third-order valence-corrected chi connectivity index (χ3v) is 2.36. The molecule has 2 radical (unpaired) electrons. The van der Waals surface area contributed by atoms with Crippen molar-refractivity contribution >= 4 is 19.4 Å². The predicted molar refractivity (Wildman–Crippen MR) is 77.5 cm³/mol. The molecule has 0 amide bonds. The highest BCUT2D eigenvalue weighted by atomic mass is 19.4. The monoisotopic (exact) mass is 278 g/mol. The summed E-state index contributed by atoms with van der Waals surface area (Å²) in [7, 11) is 5.28. The van der Waals surface area contributed by atoms with Gasteiger partial charge < -0.3 is 10.5 Å². The van der Waals surface area contributed by atoms with Crippen LogP contribution in [0, 0.1) is 0 Å². The summed E-state index contributed by atoms with van der Waals surface area (Å²) >= 11 is 0. The maximum Gasteiger partial charge on any atom is 0.415 e. The van der Waals surface area contributed by atoms with Crippen molar-refractivity contribution in [1.29, 1.82) is 0 Å². The Balaban J connectivity index is 2.98. The second kappa shape index (κ2) is 6.89. The number of allylic oxidation sites excluding steroid dienone is 4. The number of halogens is 3. The summed E-state index contributed by atoms with van der Waals surface area (Å²) in [5, 5.41) is 5.34. The van der Waals surface area contributed by atoms with Gasteiger partial charge in [-0.15, -0.1) is 0 Å². The van der Waals surface area contributed by atoms with Gasteiger partial charge in [-0.05, 0) is 37.3 Å². The summed E-state index contributed by atoms with van der Waals surface area (Å²) in [5.41, 5.74) is 0.611. The first-order valence-electron chi connectivity index (χ1n) is 5.81. The molecule has 2 nitrogen and oxygen atoms in total. The molecule has 1 aromatic carbocycles. The first kappa shape index (κ1) is 16.0. The van der Waals surface area contributed by atoms with Crippen molar-refractivity contribution in [2.45, 2.75) is 13.1 Å². The largest absolute Gasteiger partial charge is 0.437 e. The molecule has 0 atom stereocenters. The molecular formula is C14H14BF3N2. The first-order valence-corrected chi connectivity index (χ1v) is 5.81. The Kier molecular flexibility index (Phi) is 5.49. The third-order valence-electron chi connectivity index (χ3n) is 2.36. The lowest BCUT2D eigenvalue weighted by Crippen LogP contribution is -2.10. The number of anilines is 2. The molecule has 1 aromatic rings. The van der Waals surface area contributed by atoms with Gasteiger partial charge in [0.15, 0.2) is 0 Å². The van der Waals surface area contributed by atoms with Gasteiger partial charge in [0.2, 0.25) is 7.98 Å². The van der Waals surface area contributed by atoms with Gasteiger partial charge in [0.05, 0.1) is 5.57 Å². The second-order valence-electron chi connectivity index (χ2n) is 3.97. The minimum atomic E-state index is -4.45. The van der Waals surface area contributed by atoms with Crippen LogP contribution >= 0.6 is 0 Å². The Labute approximate surface area is 117 Å². The van der Waals surface area contributed by atoms with E-state index in [1.807, 2.05) is 0 Å². The highest BCUT2D eigenvalue weighted by Crippen LogP contribution is 2.26. The summed E-state index contributed by atoms with van der Waals surface area (Å²) < 4.78 is 37.5. The zero-order valence-corrected chi connectivity index (χ0v) is 11.0. The molecule has 6 heteroatoms. The zero-order valence-electron chi connectivity index (χ0n) is 11.0. The molecule has 2 N–H and O–H groups in total. The van der Waals surface area contributed by atoms with Crippen molar-refractivity contribution in [2.24, 2.45) is 0 Å². The van der Waals surface area contributed by atoms with Crippen LogP contribution in [0.1, 0.15) is 6.92 Å². The number of hydrogen-bond acceptors (Lipinski definition) is 2. The Morgan fingerprint density at radius 2 is 1.95 bits per heavy atom. The lowest BCUT2D eigenvalue weighted by molar-refractivity contribution is -0.0878. The maximum atomic E-state index is 12.5. The number of rotatable bonds is 5. The van der Waals surface area contributed by atoms with Gasteiger partial charge in [-0.1, -0.05) is 18.7 Å². The lowest BCUT2D eigenvalue weighted by Gasteiger charge is -2.11. The summed E-state index contributed by atoms with van der Waals surface area (Å²) in [6.07, 6.45) is -0.343. The Hall–Kier alpha value is -2.11. The average molecular weight is 278 g/mol. The molecule has 0 spiro atoms. The molecule has 0 unspecified atom stereocenters. The Morgan fingerprint density at radius 1 is 1.30 bits per heavy atom. The first-order chi connectivity index (χ1) is 9.36. The number of hydrogen-bond donors (Lipinski definition) is 2. The van der Waals surface area contributed by atoms with E-state index < -0.39 is 11.7 Å². The van der Waals surface area contributed by atoms with Gasteiger partial charge in [-0.2, -0.15) is 13.2 Å².